The molecule has 0 radical (unpaired) electrons. The molecule has 0 spiro atoms. The number of hydrogen-bond acceptors (Lipinski definition) is 3. The Morgan fingerprint density at radius 3 is 2.67 bits per heavy atom. The molecule has 0 saturated carbocycles. The van der Waals surface area contributed by atoms with Crippen molar-refractivity contribution in [3.05, 3.63) is 23.2 Å². The molecule has 1 heterocycles. The summed E-state index contributed by atoms with van der Waals surface area (Å²) in [4.78, 5) is 0. The summed E-state index contributed by atoms with van der Waals surface area (Å²) < 4.78 is 11.1. The summed E-state index contributed by atoms with van der Waals surface area (Å²) in [6.07, 6.45) is 2.34. The molecule has 0 aromatic heterocycles. The molecule has 0 unspecified atom stereocenters. The SMILES string of the molecule is COc1ccc(Cl)cc1OCC1CCNCC1.Cl. The highest BCUT2D eigenvalue weighted by atomic mass is 35.5. The van der Waals surface area contributed by atoms with Crippen LogP contribution in [-0.2, 0) is 0 Å². The van der Waals surface area contributed by atoms with E-state index in [1.54, 1.807) is 13.2 Å². The van der Waals surface area contributed by atoms with Gasteiger partial charge in [0.1, 0.15) is 0 Å². The Bertz CT molecular complexity index is 368. The highest BCUT2D eigenvalue weighted by Crippen LogP contribution is 2.30. The van der Waals surface area contributed by atoms with Crippen LogP contribution >= 0.6 is 24.0 Å². The van der Waals surface area contributed by atoms with E-state index in [4.69, 9.17) is 21.1 Å². The van der Waals surface area contributed by atoms with Crippen LogP contribution in [-0.4, -0.2) is 26.8 Å². The molecule has 2 rings (SSSR count). The fourth-order valence-electron chi connectivity index (χ4n) is 2.02. The molecule has 1 aliphatic heterocycles. The highest BCUT2D eigenvalue weighted by Gasteiger charge is 2.14. The van der Waals surface area contributed by atoms with Crippen LogP contribution in [0.25, 0.3) is 0 Å². The van der Waals surface area contributed by atoms with Crippen LogP contribution in [0.1, 0.15) is 12.8 Å². The van der Waals surface area contributed by atoms with Gasteiger partial charge in [0.2, 0.25) is 0 Å². The van der Waals surface area contributed by atoms with Gasteiger partial charge < -0.3 is 14.8 Å². The number of halogens is 2. The van der Waals surface area contributed by atoms with E-state index in [0.717, 1.165) is 31.2 Å². The van der Waals surface area contributed by atoms with Crippen molar-refractivity contribution in [2.24, 2.45) is 5.92 Å². The van der Waals surface area contributed by atoms with Gasteiger partial charge >= 0.3 is 0 Å². The molecule has 0 bridgehead atoms. The number of benzene rings is 1. The Kier molecular flexibility index (Phi) is 6.61. The molecule has 3 nitrogen and oxygen atoms in total. The molecule has 5 heteroatoms. The third-order valence-electron chi connectivity index (χ3n) is 3.06. The zero-order valence-corrected chi connectivity index (χ0v) is 12.0. The Balaban J connectivity index is 0.00000162. The molecular weight excluding hydrogens is 273 g/mol. The van der Waals surface area contributed by atoms with Crippen molar-refractivity contribution in [1.29, 1.82) is 0 Å². The normalized spacial score (nSPS) is 15.9. The number of methoxy groups -OCH3 is 1. The van der Waals surface area contributed by atoms with E-state index in [1.807, 2.05) is 12.1 Å². The molecule has 1 fully saturated rings. The third-order valence-corrected chi connectivity index (χ3v) is 3.29. The quantitative estimate of drug-likeness (QED) is 0.924. The summed E-state index contributed by atoms with van der Waals surface area (Å²) in [6.45, 7) is 2.90. The van der Waals surface area contributed by atoms with E-state index >= 15 is 0 Å². The molecule has 102 valence electrons. The molecular formula is C13H19Cl2NO2. The summed E-state index contributed by atoms with van der Waals surface area (Å²) in [5.74, 6) is 2.10. The standard InChI is InChI=1S/C13H18ClNO2.ClH/c1-16-12-3-2-11(14)8-13(12)17-9-10-4-6-15-7-5-10;/h2-3,8,10,15H,4-7,9H2,1H3;1H. The van der Waals surface area contributed by atoms with E-state index in [-0.39, 0.29) is 12.4 Å². The van der Waals surface area contributed by atoms with Crippen LogP contribution < -0.4 is 14.8 Å². The maximum absolute atomic E-state index is 5.95. The van der Waals surface area contributed by atoms with Gasteiger partial charge in [-0.15, -0.1) is 12.4 Å². The van der Waals surface area contributed by atoms with Crippen molar-refractivity contribution in [3.8, 4) is 11.5 Å². The Labute approximate surface area is 119 Å². The zero-order valence-electron chi connectivity index (χ0n) is 10.4. The second-order valence-corrected chi connectivity index (χ2v) is 4.74. The average molecular weight is 292 g/mol. The van der Waals surface area contributed by atoms with E-state index in [9.17, 15) is 0 Å². The zero-order chi connectivity index (χ0) is 12.1. The number of ether oxygens (including phenoxy) is 2. The van der Waals surface area contributed by atoms with Crippen molar-refractivity contribution in [3.63, 3.8) is 0 Å². The summed E-state index contributed by atoms with van der Waals surface area (Å²) in [7, 11) is 1.64. The third kappa shape index (κ3) is 4.23. The summed E-state index contributed by atoms with van der Waals surface area (Å²) >= 11 is 5.95. The van der Waals surface area contributed by atoms with Crippen molar-refractivity contribution < 1.29 is 9.47 Å². The molecule has 1 aromatic carbocycles. The van der Waals surface area contributed by atoms with E-state index in [2.05, 4.69) is 5.32 Å². The van der Waals surface area contributed by atoms with Gasteiger partial charge in [0.15, 0.2) is 11.5 Å². The van der Waals surface area contributed by atoms with Crippen LogP contribution in [0.15, 0.2) is 18.2 Å². The lowest BCUT2D eigenvalue weighted by Gasteiger charge is -2.23. The Hall–Kier alpha value is -0.640. The number of nitrogens with one attached hydrogen (secondary N) is 1. The van der Waals surface area contributed by atoms with Crippen LogP contribution in [0, 0.1) is 5.92 Å². The van der Waals surface area contributed by atoms with Crippen LogP contribution in [0.5, 0.6) is 11.5 Å². The van der Waals surface area contributed by atoms with Gasteiger partial charge in [0.05, 0.1) is 13.7 Å². The highest BCUT2D eigenvalue weighted by molar-refractivity contribution is 6.30. The van der Waals surface area contributed by atoms with Gasteiger partial charge in [0, 0.05) is 11.1 Å². The first-order valence-corrected chi connectivity index (χ1v) is 6.34. The molecule has 0 amide bonds. The predicted molar refractivity (Wildman–Crippen MR) is 76.3 cm³/mol. The van der Waals surface area contributed by atoms with Crippen LogP contribution in [0.2, 0.25) is 5.02 Å². The molecule has 1 N–H and O–H groups in total. The fraction of sp³-hybridized carbons (Fsp3) is 0.538. The largest absolute Gasteiger partial charge is 0.493 e. The molecule has 0 aliphatic carbocycles. The molecule has 18 heavy (non-hydrogen) atoms. The lowest BCUT2D eigenvalue weighted by Crippen LogP contribution is -2.30. The minimum atomic E-state index is 0. The Morgan fingerprint density at radius 2 is 2.00 bits per heavy atom. The van der Waals surface area contributed by atoms with Crippen molar-refractivity contribution in [1.82, 2.24) is 5.32 Å². The first-order valence-electron chi connectivity index (χ1n) is 5.96. The number of rotatable bonds is 4. The van der Waals surface area contributed by atoms with Gasteiger partial charge in [-0.25, -0.2) is 0 Å². The summed E-state index contributed by atoms with van der Waals surface area (Å²) in [6, 6.07) is 5.44. The monoisotopic (exact) mass is 291 g/mol. The van der Waals surface area contributed by atoms with E-state index < -0.39 is 0 Å². The summed E-state index contributed by atoms with van der Waals surface area (Å²) in [5, 5.41) is 4.02. The molecule has 1 aromatic rings. The lowest BCUT2D eigenvalue weighted by molar-refractivity contribution is 0.208. The van der Waals surface area contributed by atoms with E-state index in [0.29, 0.717) is 10.9 Å². The molecule has 1 saturated heterocycles. The smallest absolute Gasteiger partial charge is 0.162 e. The van der Waals surface area contributed by atoms with Gasteiger partial charge in [0.25, 0.3) is 0 Å². The average Bonchev–Trinajstić information content (AvgIpc) is 2.38. The minimum Gasteiger partial charge on any atom is -0.493 e. The van der Waals surface area contributed by atoms with Crippen molar-refractivity contribution in [2.75, 3.05) is 26.8 Å². The van der Waals surface area contributed by atoms with E-state index in [1.165, 1.54) is 12.8 Å². The minimum absolute atomic E-state index is 0. The van der Waals surface area contributed by atoms with Gasteiger partial charge in [-0.2, -0.15) is 0 Å². The lowest BCUT2D eigenvalue weighted by atomic mass is 9.99. The second kappa shape index (κ2) is 7.72. The van der Waals surface area contributed by atoms with Crippen LogP contribution in [0.4, 0.5) is 0 Å². The first kappa shape index (κ1) is 15.4. The number of piperidine rings is 1. The predicted octanol–water partition coefficient (Wildman–Crippen LogP) is 3.15. The van der Waals surface area contributed by atoms with Crippen molar-refractivity contribution in [2.45, 2.75) is 12.8 Å². The van der Waals surface area contributed by atoms with Gasteiger partial charge in [-0.1, -0.05) is 11.6 Å². The topological polar surface area (TPSA) is 30.5 Å². The molecule has 1 aliphatic rings. The summed E-state index contributed by atoms with van der Waals surface area (Å²) in [5.41, 5.74) is 0. The maximum Gasteiger partial charge on any atom is 0.162 e. The second-order valence-electron chi connectivity index (χ2n) is 4.30. The van der Waals surface area contributed by atoms with Gasteiger partial charge in [-0.05, 0) is 44.0 Å². The van der Waals surface area contributed by atoms with Gasteiger partial charge in [-0.3, -0.25) is 0 Å². The van der Waals surface area contributed by atoms with Crippen LogP contribution in [0.3, 0.4) is 0 Å². The first-order chi connectivity index (χ1) is 8.29. The maximum atomic E-state index is 5.95. The molecule has 0 atom stereocenters. The fourth-order valence-corrected chi connectivity index (χ4v) is 2.18. The van der Waals surface area contributed by atoms with Crippen molar-refractivity contribution >= 4 is 24.0 Å². The Morgan fingerprint density at radius 1 is 1.28 bits per heavy atom. The number of hydrogen-bond donors (Lipinski definition) is 1.